The monoisotopic (exact) mass is 258 g/mol. The number of hydrogen-bond acceptors (Lipinski definition) is 3. The van der Waals surface area contributed by atoms with Crippen molar-refractivity contribution >= 4 is 5.97 Å². The minimum Gasteiger partial charge on any atom is -0.464 e. The SMILES string of the molecule is CCCCCCCCCCCOC(=O)C(C)(C)O. The van der Waals surface area contributed by atoms with Crippen LogP contribution in [0.5, 0.6) is 0 Å². The van der Waals surface area contributed by atoms with Gasteiger partial charge in [0.1, 0.15) is 0 Å². The van der Waals surface area contributed by atoms with Crippen LogP contribution in [0.1, 0.15) is 78.6 Å². The van der Waals surface area contributed by atoms with Crippen LogP contribution in [-0.2, 0) is 9.53 Å². The van der Waals surface area contributed by atoms with Crippen LogP contribution in [-0.4, -0.2) is 23.3 Å². The molecule has 0 saturated carbocycles. The van der Waals surface area contributed by atoms with E-state index >= 15 is 0 Å². The highest BCUT2D eigenvalue weighted by atomic mass is 16.5. The molecule has 0 aromatic carbocycles. The second-order valence-corrected chi connectivity index (χ2v) is 5.52. The summed E-state index contributed by atoms with van der Waals surface area (Å²) in [5, 5.41) is 9.36. The summed E-state index contributed by atoms with van der Waals surface area (Å²) in [6.07, 6.45) is 11.2. The van der Waals surface area contributed by atoms with Crippen LogP contribution in [0.2, 0.25) is 0 Å². The molecule has 0 saturated heterocycles. The molecule has 0 aliphatic carbocycles. The minimum atomic E-state index is -1.36. The first-order valence-electron chi connectivity index (χ1n) is 7.38. The Hall–Kier alpha value is -0.570. The quantitative estimate of drug-likeness (QED) is 0.452. The molecule has 0 bridgehead atoms. The van der Waals surface area contributed by atoms with E-state index in [4.69, 9.17) is 4.74 Å². The molecule has 0 aromatic heterocycles. The molecule has 1 N–H and O–H groups in total. The van der Waals surface area contributed by atoms with Gasteiger partial charge < -0.3 is 9.84 Å². The van der Waals surface area contributed by atoms with E-state index in [-0.39, 0.29) is 0 Å². The standard InChI is InChI=1S/C15H30O3/c1-4-5-6-7-8-9-10-11-12-13-18-14(16)15(2,3)17/h17H,4-13H2,1-3H3. The molecule has 3 heteroatoms. The lowest BCUT2D eigenvalue weighted by atomic mass is 10.1. The van der Waals surface area contributed by atoms with Gasteiger partial charge in [0, 0.05) is 0 Å². The highest BCUT2D eigenvalue weighted by Gasteiger charge is 2.25. The molecule has 0 aliphatic heterocycles. The Morgan fingerprint density at radius 3 is 1.83 bits per heavy atom. The van der Waals surface area contributed by atoms with Crippen LogP contribution >= 0.6 is 0 Å². The Kier molecular flexibility index (Phi) is 10.0. The van der Waals surface area contributed by atoms with E-state index in [1.165, 1.54) is 58.8 Å². The molecule has 0 aromatic rings. The summed E-state index contributed by atoms with van der Waals surface area (Å²) >= 11 is 0. The van der Waals surface area contributed by atoms with Crippen LogP contribution in [0.3, 0.4) is 0 Å². The van der Waals surface area contributed by atoms with Crippen molar-refractivity contribution in [3.63, 3.8) is 0 Å². The van der Waals surface area contributed by atoms with Crippen LogP contribution in [0, 0.1) is 0 Å². The molecule has 3 nitrogen and oxygen atoms in total. The zero-order chi connectivity index (χ0) is 13.9. The van der Waals surface area contributed by atoms with E-state index in [0.717, 1.165) is 12.8 Å². The number of unbranched alkanes of at least 4 members (excludes halogenated alkanes) is 8. The molecule has 18 heavy (non-hydrogen) atoms. The number of carbonyl (C=O) groups is 1. The first kappa shape index (κ1) is 17.4. The summed E-state index contributed by atoms with van der Waals surface area (Å²) in [6, 6.07) is 0. The first-order valence-corrected chi connectivity index (χ1v) is 7.38. The van der Waals surface area contributed by atoms with Crippen LogP contribution in [0.4, 0.5) is 0 Å². The average molecular weight is 258 g/mol. The fourth-order valence-corrected chi connectivity index (χ4v) is 1.75. The van der Waals surface area contributed by atoms with Gasteiger partial charge in [-0.3, -0.25) is 0 Å². The third kappa shape index (κ3) is 10.6. The smallest absolute Gasteiger partial charge is 0.337 e. The maximum absolute atomic E-state index is 11.2. The van der Waals surface area contributed by atoms with Gasteiger partial charge in [0.05, 0.1) is 6.61 Å². The lowest BCUT2D eigenvalue weighted by Crippen LogP contribution is -2.33. The van der Waals surface area contributed by atoms with Crippen molar-refractivity contribution in [2.75, 3.05) is 6.61 Å². The second kappa shape index (κ2) is 10.4. The Morgan fingerprint density at radius 1 is 0.944 bits per heavy atom. The number of esters is 1. The Balaban J connectivity index is 3.19. The molecule has 0 radical (unpaired) electrons. The van der Waals surface area contributed by atoms with Crippen molar-refractivity contribution in [2.24, 2.45) is 0 Å². The molecule has 108 valence electrons. The number of ether oxygens (including phenoxy) is 1. The maximum Gasteiger partial charge on any atom is 0.337 e. The van der Waals surface area contributed by atoms with Crippen molar-refractivity contribution in [1.82, 2.24) is 0 Å². The Bertz CT molecular complexity index is 206. The van der Waals surface area contributed by atoms with Gasteiger partial charge in [-0.05, 0) is 20.3 Å². The third-order valence-electron chi connectivity index (χ3n) is 2.98. The predicted molar refractivity (Wildman–Crippen MR) is 74.5 cm³/mol. The van der Waals surface area contributed by atoms with Gasteiger partial charge in [-0.15, -0.1) is 0 Å². The summed E-state index contributed by atoms with van der Waals surface area (Å²) in [6.45, 7) is 5.56. The van der Waals surface area contributed by atoms with Crippen molar-refractivity contribution in [3.8, 4) is 0 Å². The van der Waals surface area contributed by atoms with Crippen molar-refractivity contribution in [2.45, 2.75) is 84.2 Å². The third-order valence-corrected chi connectivity index (χ3v) is 2.98. The van der Waals surface area contributed by atoms with E-state index in [0.29, 0.717) is 6.61 Å². The average Bonchev–Trinajstić information content (AvgIpc) is 2.30. The molecular weight excluding hydrogens is 228 g/mol. The molecule has 0 atom stereocenters. The molecule has 0 aliphatic rings. The Labute approximate surface area is 112 Å². The predicted octanol–water partition coefficient (Wildman–Crippen LogP) is 3.83. The largest absolute Gasteiger partial charge is 0.464 e. The summed E-state index contributed by atoms with van der Waals surface area (Å²) < 4.78 is 4.98. The summed E-state index contributed by atoms with van der Waals surface area (Å²) in [5.74, 6) is -0.526. The fraction of sp³-hybridized carbons (Fsp3) is 0.933. The zero-order valence-electron chi connectivity index (χ0n) is 12.3. The zero-order valence-corrected chi connectivity index (χ0v) is 12.3. The van der Waals surface area contributed by atoms with E-state index < -0.39 is 11.6 Å². The topological polar surface area (TPSA) is 46.5 Å². The molecule has 0 amide bonds. The van der Waals surface area contributed by atoms with Gasteiger partial charge in [0.15, 0.2) is 5.60 Å². The first-order chi connectivity index (χ1) is 8.48. The second-order valence-electron chi connectivity index (χ2n) is 5.52. The number of carbonyl (C=O) groups excluding carboxylic acids is 1. The summed E-state index contributed by atoms with van der Waals surface area (Å²) in [5.41, 5.74) is -1.36. The normalized spacial score (nSPS) is 11.6. The van der Waals surface area contributed by atoms with Gasteiger partial charge >= 0.3 is 5.97 Å². The number of rotatable bonds is 11. The van der Waals surface area contributed by atoms with Gasteiger partial charge in [-0.1, -0.05) is 58.3 Å². The van der Waals surface area contributed by atoms with Crippen molar-refractivity contribution in [1.29, 1.82) is 0 Å². The molecule has 0 unspecified atom stereocenters. The van der Waals surface area contributed by atoms with E-state index in [2.05, 4.69) is 6.92 Å². The molecule has 0 rings (SSSR count). The maximum atomic E-state index is 11.2. The summed E-state index contributed by atoms with van der Waals surface area (Å²) in [7, 11) is 0. The molecule has 0 fully saturated rings. The lowest BCUT2D eigenvalue weighted by molar-refractivity contribution is -0.161. The highest BCUT2D eigenvalue weighted by Crippen LogP contribution is 2.10. The van der Waals surface area contributed by atoms with Gasteiger partial charge in [0.25, 0.3) is 0 Å². The fourth-order valence-electron chi connectivity index (χ4n) is 1.75. The van der Waals surface area contributed by atoms with E-state index in [9.17, 15) is 9.90 Å². The van der Waals surface area contributed by atoms with Gasteiger partial charge in [0.2, 0.25) is 0 Å². The number of aliphatic hydroxyl groups is 1. The van der Waals surface area contributed by atoms with Crippen LogP contribution in [0.15, 0.2) is 0 Å². The van der Waals surface area contributed by atoms with Crippen molar-refractivity contribution in [3.05, 3.63) is 0 Å². The highest BCUT2D eigenvalue weighted by molar-refractivity contribution is 5.78. The van der Waals surface area contributed by atoms with Crippen molar-refractivity contribution < 1.29 is 14.6 Å². The lowest BCUT2D eigenvalue weighted by Gasteiger charge is -2.15. The molecule has 0 heterocycles. The Morgan fingerprint density at radius 2 is 1.39 bits per heavy atom. The number of hydrogen-bond donors (Lipinski definition) is 1. The summed E-state index contributed by atoms with van der Waals surface area (Å²) in [4.78, 5) is 11.2. The van der Waals surface area contributed by atoms with E-state index in [1.54, 1.807) is 0 Å². The minimum absolute atomic E-state index is 0.429. The van der Waals surface area contributed by atoms with Crippen LogP contribution < -0.4 is 0 Å². The molecule has 0 spiro atoms. The van der Waals surface area contributed by atoms with Crippen LogP contribution in [0.25, 0.3) is 0 Å². The van der Waals surface area contributed by atoms with Gasteiger partial charge in [-0.25, -0.2) is 4.79 Å². The van der Waals surface area contributed by atoms with Gasteiger partial charge in [-0.2, -0.15) is 0 Å². The van der Waals surface area contributed by atoms with E-state index in [1.807, 2.05) is 0 Å². The molecular formula is C15H30O3.